The number of aliphatic imine (C=N–C) groups is 1. The van der Waals surface area contributed by atoms with Crippen molar-refractivity contribution >= 4 is 40.4 Å². The Balaban J connectivity index is 2.15. The third-order valence-electron chi connectivity index (χ3n) is 4.30. The number of rotatable bonds is 4. The lowest BCUT2D eigenvalue weighted by Crippen LogP contribution is -2.23. The topological polar surface area (TPSA) is 47.9 Å². The molecule has 1 aliphatic heterocycles. The molecular formula is C20H18ClNO3S. The number of carbonyl (C=O) groups excluding carboxylic acids is 1. The predicted octanol–water partition coefficient (Wildman–Crippen LogP) is 4.04. The summed E-state index contributed by atoms with van der Waals surface area (Å²) >= 11 is 11.6. The van der Waals surface area contributed by atoms with Gasteiger partial charge < -0.3 is 9.47 Å². The van der Waals surface area contributed by atoms with Gasteiger partial charge in [-0.3, -0.25) is 9.79 Å². The SMILES string of the molecule is COC(=O)C[C@@H]1N=C(c2ccc(Cl)cc2)c2cc(OC)ccc2CC1=S. The number of methoxy groups -OCH3 is 2. The van der Waals surface area contributed by atoms with E-state index in [9.17, 15) is 4.79 Å². The summed E-state index contributed by atoms with van der Waals surface area (Å²) in [5.41, 5.74) is 3.67. The Morgan fingerprint density at radius 1 is 1.23 bits per heavy atom. The minimum atomic E-state index is -0.415. The number of benzene rings is 2. The first-order chi connectivity index (χ1) is 12.5. The quantitative estimate of drug-likeness (QED) is 0.586. The zero-order valence-electron chi connectivity index (χ0n) is 14.5. The second kappa shape index (κ2) is 7.98. The Kier molecular flexibility index (Phi) is 5.69. The number of hydrogen-bond donors (Lipinski definition) is 0. The van der Waals surface area contributed by atoms with Gasteiger partial charge in [-0.15, -0.1) is 0 Å². The van der Waals surface area contributed by atoms with E-state index in [2.05, 4.69) is 0 Å². The van der Waals surface area contributed by atoms with E-state index in [0.717, 1.165) is 28.2 Å². The van der Waals surface area contributed by atoms with Gasteiger partial charge in [0.25, 0.3) is 0 Å². The van der Waals surface area contributed by atoms with Crippen molar-refractivity contribution < 1.29 is 14.3 Å². The van der Waals surface area contributed by atoms with Crippen molar-refractivity contribution in [1.29, 1.82) is 0 Å². The average Bonchev–Trinajstić information content (AvgIpc) is 2.78. The summed E-state index contributed by atoms with van der Waals surface area (Å²) in [6.07, 6.45) is 0.689. The molecule has 0 radical (unpaired) electrons. The van der Waals surface area contributed by atoms with Gasteiger partial charge in [0, 0.05) is 27.4 Å². The van der Waals surface area contributed by atoms with Crippen LogP contribution < -0.4 is 4.74 Å². The van der Waals surface area contributed by atoms with Gasteiger partial charge in [-0.1, -0.05) is 42.0 Å². The van der Waals surface area contributed by atoms with Crippen LogP contribution in [0, 0.1) is 0 Å². The van der Waals surface area contributed by atoms with E-state index >= 15 is 0 Å². The molecule has 0 aromatic heterocycles. The highest BCUT2D eigenvalue weighted by atomic mass is 35.5. The first-order valence-corrected chi connectivity index (χ1v) is 8.91. The van der Waals surface area contributed by atoms with E-state index < -0.39 is 6.04 Å². The molecule has 134 valence electrons. The molecule has 6 heteroatoms. The molecular weight excluding hydrogens is 370 g/mol. The zero-order chi connectivity index (χ0) is 18.7. The Labute approximate surface area is 162 Å². The highest BCUT2D eigenvalue weighted by molar-refractivity contribution is 7.80. The first kappa shape index (κ1) is 18.5. The maximum absolute atomic E-state index is 11.8. The molecule has 3 rings (SSSR count). The van der Waals surface area contributed by atoms with E-state index in [-0.39, 0.29) is 12.4 Å². The number of thiocarbonyl (C=S) groups is 1. The molecule has 0 bridgehead atoms. The Morgan fingerprint density at radius 2 is 1.96 bits per heavy atom. The fourth-order valence-electron chi connectivity index (χ4n) is 2.90. The lowest BCUT2D eigenvalue weighted by Gasteiger charge is -2.12. The van der Waals surface area contributed by atoms with Gasteiger partial charge in [-0.25, -0.2) is 0 Å². The summed E-state index contributed by atoms with van der Waals surface area (Å²) in [4.78, 5) is 17.4. The minimum absolute atomic E-state index is 0.123. The summed E-state index contributed by atoms with van der Waals surface area (Å²) in [6.45, 7) is 0. The molecule has 2 aromatic rings. The first-order valence-electron chi connectivity index (χ1n) is 8.12. The standard InChI is InChI=1S/C20H18ClNO3S/c1-24-15-8-5-13-9-18(26)17(11-19(23)25-2)22-20(16(13)10-15)12-3-6-14(21)7-4-12/h3-8,10,17H,9,11H2,1-2H3/t17-/m0/s1. The van der Waals surface area contributed by atoms with E-state index in [1.165, 1.54) is 7.11 Å². The van der Waals surface area contributed by atoms with Crippen molar-refractivity contribution in [1.82, 2.24) is 0 Å². The summed E-state index contributed by atoms with van der Waals surface area (Å²) < 4.78 is 10.2. The molecule has 0 aliphatic carbocycles. The molecule has 2 aromatic carbocycles. The van der Waals surface area contributed by atoms with Crippen LogP contribution in [0.1, 0.15) is 23.1 Å². The molecule has 0 amide bonds. The summed E-state index contributed by atoms with van der Waals surface area (Å²) in [5.74, 6) is 0.405. The van der Waals surface area contributed by atoms with Crippen LogP contribution in [0.15, 0.2) is 47.5 Å². The van der Waals surface area contributed by atoms with Crippen LogP contribution in [0.5, 0.6) is 5.75 Å². The second-order valence-electron chi connectivity index (χ2n) is 5.95. The molecule has 0 fully saturated rings. The number of halogens is 1. The van der Waals surface area contributed by atoms with E-state index in [0.29, 0.717) is 16.3 Å². The van der Waals surface area contributed by atoms with Crippen molar-refractivity contribution in [2.24, 2.45) is 4.99 Å². The third kappa shape index (κ3) is 3.94. The normalized spacial score (nSPS) is 16.3. The number of ether oxygens (including phenoxy) is 2. The number of fused-ring (bicyclic) bond motifs is 1. The van der Waals surface area contributed by atoms with Crippen molar-refractivity contribution in [2.75, 3.05) is 14.2 Å². The van der Waals surface area contributed by atoms with Gasteiger partial charge in [-0.05, 0) is 29.8 Å². The average molecular weight is 388 g/mol. The minimum Gasteiger partial charge on any atom is -0.497 e. The Bertz CT molecular complexity index is 877. The van der Waals surface area contributed by atoms with Crippen LogP contribution in [-0.2, 0) is 16.0 Å². The maximum atomic E-state index is 11.8. The number of esters is 1. The van der Waals surface area contributed by atoms with Crippen LogP contribution in [0.2, 0.25) is 5.02 Å². The van der Waals surface area contributed by atoms with Gasteiger partial charge in [0.2, 0.25) is 0 Å². The Morgan fingerprint density at radius 3 is 2.62 bits per heavy atom. The van der Waals surface area contributed by atoms with Gasteiger partial charge in [-0.2, -0.15) is 0 Å². The molecule has 0 unspecified atom stereocenters. The van der Waals surface area contributed by atoms with Crippen molar-refractivity contribution in [3.05, 3.63) is 64.2 Å². The fraction of sp³-hybridized carbons (Fsp3) is 0.250. The fourth-order valence-corrected chi connectivity index (χ4v) is 3.32. The molecule has 0 saturated heterocycles. The largest absolute Gasteiger partial charge is 0.497 e. The predicted molar refractivity (Wildman–Crippen MR) is 107 cm³/mol. The van der Waals surface area contributed by atoms with Gasteiger partial charge in [0.05, 0.1) is 32.4 Å². The zero-order valence-corrected chi connectivity index (χ0v) is 16.1. The highest BCUT2D eigenvalue weighted by Gasteiger charge is 2.26. The van der Waals surface area contributed by atoms with Crippen molar-refractivity contribution in [3.63, 3.8) is 0 Å². The molecule has 26 heavy (non-hydrogen) atoms. The van der Waals surface area contributed by atoms with Gasteiger partial charge in [0.1, 0.15) is 5.75 Å². The molecule has 0 spiro atoms. The van der Waals surface area contributed by atoms with E-state index in [1.54, 1.807) is 7.11 Å². The third-order valence-corrected chi connectivity index (χ3v) is 4.97. The number of carbonyl (C=O) groups is 1. The molecule has 1 heterocycles. The maximum Gasteiger partial charge on any atom is 0.308 e. The smallest absolute Gasteiger partial charge is 0.308 e. The van der Waals surface area contributed by atoms with Crippen LogP contribution >= 0.6 is 23.8 Å². The monoisotopic (exact) mass is 387 g/mol. The summed E-state index contributed by atoms with van der Waals surface area (Å²) in [7, 11) is 2.99. The van der Waals surface area contributed by atoms with Crippen molar-refractivity contribution in [3.8, 4) is 5.75 Å². The number of nitrogens with zero attached hydrogens (tertiary/aromatic N) is 1. The molecule has 1 aliphatic rings. The van der Waals surface area contributed by atoms with Crippen LogP contribution in [0.3, 0.4) is 0 Å². The molecule has 0 N–H and O–H groups in total. The van der Waals surface area contributed by atoms with E-state index in [1.807, 2.05) is 42.5 Å². The molecule has 1 atom stereocenters. The van der Waals surface area contributed by atoms with Crippen LogP contribution in [-0.4, -0.2) is 36.8 Å². The van der Waals surface area contributed by atoms with Gasteiger partial charge in [0.15, 0.2) is 0 Å². The highest BCUT2D eigenvalue weighted by Crippen LogP contribution is 2.27. The van der Waals surface area contributed by atoms with E-state index in [4.69, 9.17) is 38.3 Å². The summed E-state index contributed by atoms with van der Waals surface area (Å²) in [5, 5.41) is 0.649. The van der Waals surface area contributed by atoms with Crippen LogP contribution in [0.25, 0.3) is 0 Å². The molecule has 4 nitrogen and oxygen atoms in total. The Hall–Kier alpha value is -2.24. The number of hydrogen-bond acceptors (Lipinski definition) is 5. The molecule has 0 saturated carbocycles. The second-order valence-corrected chi connectivity index (χ2v) is 6.91. The van der Waals surface area contributed by atoms with Crippen LogP contribution in [0.4, 0.5) is 0 Å². The van der Waals surface area contributed by atoms with Gasteiger partial charge >= 0.3 is 5.97 Å². The lowest BCUT2D eigenvalue weighted by molar-refractivity contribution is -0.140. The summed E-state index contributed by atoms with van der Waals surface area (Å²) in [6, 6.07) is 12.9. The van der Waals surface area contributed by atoms with Crippen molar-refractivity contribution in [2.45, 2.75) is 18.9 Å². The lowest BCUT2D eigenvalue weighted by atomic mass is 9.95.